The van der Waals surface area contributed by atoms with Gasteiger partial charge in [0.05, 0.1) is 10.00 Å². The summed E-state index contributed by atoms with van der Waals surface area (Å²) < 4.78 is 24.0. The van der Waals surface area contributed by atoms with Crippen molar-refractivity contribution in [1.82, 2.24) is 5.32 Å². The van der Waals surface area contributed by atoms with E-state index in [1.807, 2.05) is 20.8 Å². The van der Waals surface area contributed by atoms with Crippen LogP contribution in [0.2, 0.25) is 0 Å². The lowest BCUT2D eigenvalue weighted by Crippen LogP contribution is -2.47. The van der Waals surface area contributed by atoms with Crippen molar-refractivity contribution in [1.29, 1.82) is 0 Å². The smallest absolute Gasteiger partial charge is 0.158 e. The van der Waals surface area contributed by atoms with Gasteiger partial charge in [-0.15, -0.1) is 0 Å². The second-order valence-electron chi connectivity index (χ2n) is 5.89. The van der Waals surface area contributed by atoms with Crippen LogP contribution in [0.15, 0.2) is 0 Å². The molecule has 2 rings (SSSR count). The van der Waals surface area contributed by atoms with E-state index in [0.29, 0.717) is 12.1 Å². The van der Waals surface area contributed by atoms with Crippen LogP contribution in [0.5, 0.6) is 0 Å². The molecule has 15 heavy (non-hydrogen) atoms. The Balaban J connectivity index is 2.19. The number of piperidine rings is 1. The molecule has 2 fully saturated rings. The zero-order chi connectivity index (χ0) is 11.3. The van der Waals surface area contributed by atoms with Crippen molar-refractivity contribution >= 4 is 9.84 Å². The first-order valence-corrected chi connectivity index (χ1v) is 7.35. The Morgan fingerprint density at radius 3 is 1.93 bits per heavy atom. The molecule has 2 aliphatic rings. The molecule has 0 radical (unpaired) electrons. The molecule has 0 amide bonds. The molecule has 0 spiro atoms. The predicted molar refractivity (Wildman–Crippen MR) is 61.6 cm³/mol. The molecule has 4 heteroatoms. The third-order valence-corrected chi connectivity index (χ3v) is 6.69. The highest BCUT2D eigenvalue weighted by Gasteiger charge is 2.43. The molecule has 2 heterocycles. The lowest BCUT2D eigenvalue weighted by molar-refractivity contribution is 0.396. The predicted octanol–water partition coefficient (Wildman–Crippen LogP) is 1.48. The quantitative estimate of drug-likeness (QED) is 0.743. The number of nitrogens with one attached hydrogen (secondary N) is 1. The van der Waals surface area contributed by atoms with E-state index in [4.69, 9.17) is 0 Å². The van der Waals surface area contributed by atoms with Gasteiger partial charge in [-0.05, 0) is 46.5 Å². The van der Waals surface area contributed by atoms with Gasteiger partial charge in [0, 0.05) is 12.1 Å². The van der Waals surface area contributed by atoms with Gasteiger partial charge >= 0.3 is 0 Å². The molecular weight excluding hydrogens is 210 g/mol. The molecule has 3 nitrogen and oxygen atoms in total. The van der Waals surface area contributed by atoms with E-state index in [1.165, 1.54) is 0 Å². The fraction of sp³-hybridized carbons (Fsp3) is 1.00. The topological polar surface area (TPSA) is 46.2 Å². The molecule has 0 saturated carbocycles. The Labute approximate surface area is 92.6 Å². The summed E-state index contributed by atoms with van der Waals surface area (Å²) in [4.78, 5) is 0. The third kappa shape index (κ3) is 1.94. The molecule has 2 bridgehead atoms. The van der Waals surface area contributed by atoms with Crippen molar-refractivity contribution in [2.75, 3.05) is 0 Å². The van der Waals surface area contributed by atoms with Crippen molar-refractivity contribution in [3.63, 3.8) is 0 Å². The first kappa shape index (κ1) is 11.4. The molecular formula is C11H21NO2S. The molecule has 2 aliphatic heterocycles. The van der Waals surface area contributed by atoms with Crippen molar-refractivity contribution in [3.8, 4) is 0 Å². The SMILES string of the molecule is CC(C)(C)S(=O)(=O)C1CC2CCC(C1)N2. The van der Waals surface area contributed by atoms with Crippen LogP contribution in [0.25, 0.3) is 0 Å². The van der Waals surface area contributed by atoms with Gasteiger partial charge in [0.2, 0.25) is 0 Å². The van der Waals surface area contributed by atoms with Crippen LogP contribution >= 0.6 is 0 Å². The minimum atomic E-state index is -2.97. The largest absolute Gasteiger partial charge is 0.311 e. The Morgan fingerprint density at radius 2 is 1.53 bits per heavy atom. The molecule has 0 aliphatic carbocycles. The van der Waals surface area contributed by atoms with Crippen LogP contribution in [-0.4, -0.2) is 30.5 Å². The van der Waals surface area contributed by atoms with Gasteiger partial charge in [-0.2, -0.15) is 0 Å². The standard InChI is InChI=1S/C11H21NO2S/c1-11(2,3)15(13,14)10-6-8-4-5-9(7-10)12-8/h8-10,12H,4-7H2,1-3H3. The van der Waals surface area contributed by atoms with Crippen molar-refractivity contribution in [2.24, 2.45) is 0 Å². The maximum Gasteiger partial charge on any atom is 0.158 e. The molecule has 2 unspecified atom stereocenters. The Bertz CT molecular complexity index is 330. The number of hydrogen-bond donors (Lipinski definition) is 1. The Hall–Kier alpha value is -0.0900. The van der Waals surface area contributed by atoms with Crippen LogP contribution in [0.3, 0.4) is 0 Å². The minimum absolute atomic E-state index is 0.115. The Kier molecular flexibility index (Phi) is 2.62. The fourth-order valence-corrected chi connectivity index (χ4v) is 4.73. The number of sulfone groups is 1. The van der Waals surface area contributed by atoms with Gasteiger partial charge in [0.25, 0.3) is 0 Å². The summed E-state index contributed by atoms with van der Waals surface area (Å²) in [6.45, 7) is 5.44. The highest BCUT2D eigenvalue weighted by atomic mass is 32.2. The number of rotatable bonds is 1. The van der Waals surface area contributed by atoms with Gasteiger partial charge in [0.15, 0.2) is 9.84 Å². The summed E-state index contributed by atoms with van der Waals surface area (Å²) in [6, 6.07) is 0.900. The average Bonchev–Trinajstić information content (AvgIpc) is 2.43. The van der Waals surface area contributed by atoms with E-state index in [0.717, 1.165) is 25.7 Å². The van der Waals surface area contributed by atoms with E-state index in [2.05, 4.69) is 5.32 Å². The van der Waals surface area contributed by atoms with Crippen LogP contribution in [0, 0.1) is 0 Å². The van der Waals surface area contributed by atoms with E-state index in [1.54, 1.807) is 0 Å². The normalized spacial score (nSPS) is 36.9. The second-order valence-corrected chi connectivity index (χ2v) is 8.87. The number of fused-ring (bicyclic) bond motifs is 2. The van der Waals surface area contributed by atoms with Crippen LogP contribution in [0.4, 0.5) is 0 Å². The summed E-state index contributed by atoms with van der Waals surface area (Å²) in [6.07, 6.45) is 3.94. The second kappa shape index (κ2) is 3.45. The Morgan fingerprint density at radius 1 is 1.07 bits per heavy atom. The average molecular weight is 231 g/mol. The first-order valence-electron chi connectivity index (χ1n) is 5.80. The van der Waals surface area contributed by atoms with Gasteiger partial charge in [0.1, 0.15) is 0 Å². The van der Waals surface area contributed by atoms with Crippen molar-refractivity contribution in [3.05, 3.63) is 0 Å². The maximum absolute atomic E-state index is 12.3. The highest BCUT2D eigenvalue weighted by Crippen LogP contribution is 2.34. The van der Waals surface area contributed by atoms with Gasteiger partial charge < -0.3 is 5.32 Å². The van der Waals surface area contributed by atoms with Crippen LogP contribution in [-0.2, 0) is 9.84 Å². The van der Waals surface area contributed by atoms with E-state index in [9.17, 15) is 8.42 Å². The summed E-state index contributed by atoms with van der Waals surface area (Å²) in [5, 5.41) is 3.36. The minimum Gasteiger partial charge on any atom is -0.311 e. The number of hydrogen-bond acceptors (Lipinski definition) is 3. The third-order valence-electron chi connectivity index (χ3n) is 3.72. The van der Waals surface area contributed by atoms with E-state index >= 15 is 0 Å². The van der Waals surface area contributed by atoms with Crippen LogP contribution in [0.1, 0.15) is 46.5 Å². The molecule has 2 atom stereocenters. The maximum atomic E-state index is 12.3. The fourth-order valence-electron chi connectivity index (χ4n) is 2.76. The molecule has 88 valence electrons. The lowest BCUT2D eigenvalue weighted by Gasteiger charge is -2.33. The van der Waals surface area contributed by atoms with Gasteiger partial charge in [-0.25, -0.2) is 8.42 Å². The molecule has 0 aromatic heterocycles. The first-order chi connectivity index (χ1) is 6.80. The summed E-state index contributed by atoms with van der Waals surface area (Å²) in [7, 11) is -2.97. The van der Waals surface area contributed by atoms with Crippen molar-refractivity contribution in [2.45, 2.75) is 68.5 Å². The monoisotopic (exact) mass is 231 g/mol. The molecule has 1 N–H and O–H groups in total. The molecule has 2 saturated heterocycles. The zero-order valence-corrected chi connectivity index (χ0v) is 10.6. The van der Waals surface area contributed by atoms with Crippen molar-refractivity contribution < 1.29 is 8.42 Å². The van der Waals surface area contributed by atoms with Gasteiger partial charge in [-0.1, -0.05) is 0 Å². The highest BCUT2D eigenvalue weighted by molar-refractivity contribution is 7.93. The lowest BCUT2D eigenvalue weighted by atomic mass is 10.1. The van der Waals surface area contributed by atoms with Gasteiger partial charge in [-0.3, -0.25) is 0 Å². The van der Waals surface area contributed by atoms with Crippen LogP contribution < -0.4 is 5.32 Å². The van der Waals surface area contributed by atoms with E-state index < -0.39 is 14.6 Å². The molecule has 0 aromatic carbocycles. The van der Waals surface area contributed by atoms with E-state index in [-0.39, 0.29) is 5.25 Å². The summed E-state index contributed by atoms with van der Waals surface area (Å²) in [5.74, 6) is 0. The summed E-state index contributed by atoms with van der Waals surface area (Å²) >= 11 is 0. The molecule has 0 aromatic rings. The zero-order valence-electron chi connectivity index (χ0n) is 9.79. The summed E-state index contributed by atoms with van der Waals surface area (Å²) in [5.41, 5.74) is 0.